The zero-order valence-corrected chi connectivity index (χ0v) is 13.4. The zero-order valence-electron chi connectivity index (χ0n) is 13.4. The van der Waals surface area contributed by atoms with Crippen molar-refractivity contribution in [3.8, 4) is 16.8 Å². The van der Waals surface area contributed by atoms with Crippen LogP contribution in [0.2, 0.25) is 0 Å². The second-order valence-electron chi connectivity index (χ2n) is 5.90. The second-order valence-corrected chi connectivity index (χ2v) is 5.90. The van der Waals surface area contributed by atoms with Gasteiger partial charge in [-0.05, 0) is 35.9 Å². The van der Waals surface area contributed by atoms with Gasteiger partial charge in [-0.1, -0.05) is 12.1 Å². The number of nitrogens with two attached hydrogens (primary N) is 1. The molecule has 0 spiro atoms. The van der Waals surface area contributed by atoms with E-state index in [1.807, 2.05) is 35.3 Å². The number of ether oxygens (including phenoxy) is 1. The van der Waals surface area contributed by atoms with Crippen LogP contribution in [0.3, 0.4) is 0 Å². The van der Waals surface area contributed by atoms with Gasteiger partial charge in [-0.25, -0.2) is 4.98 Å². The normalized spacial score (nSPS) is 14.8. The van der Waals surface area contributed by atoms with Crippen LogP contribution in [-0.4, -0.2) is 35.9 Å². The Bertz CT molecular complexity index is 823. The van der Waals surface area contributed by atoms with Crippen molar-refractivity contribution < 1.29 is 4.74 Å². The molecular formula is C19H20N4O. The van der Waals surface area contributed by atoms with Crippen LogP contribution in [0.15, 0.2) is 61.2 Å². The lowest BCUT2D eigenvalue weighted by Gasteiger charge is -2.29. The van der Waals surface area contributed by atoms with Gasteiger partial charge in [-0.3, -0.25) is 0 Å². The molecule has 0 aliphatic carbocycles. The number of imidazole rings is 1. The molecule has 5 nitrogen and oxygen atoms in total. The molecule has 0 amide bonds. The monoisotopic (exact) mass is 320 g/mol. The Morgan fingerprint density at radius 3 is 2.67 bits per heavy atom. The summed E-state index contributed by atoms with van der Waals surface area (Å²) in [6, 6.07) is 14.5. The molecule has 2 N–H and O–H groups in total. The minimum Gasteiger partial charge on any atom is -0.399 e. The number of anilines is 2. The predicted octanol–water partition coefficient (Wildman–Crippen LogP) is 2.96. The van der Waals surface area contributed by atoms with E-state index < -0.39 is 0 Å². The fourth-order valence-electron chi connectivity index (χ4n) is 3.11. The molecule has 4 rings (SSSR count). The highest BCUT2D eigenvalue weighted by molar-refractivity contribution is 5.78. The van der Waals surface area contributed by atoms with Gasteiger partial charge in [0.1, 0.15) is 0 Å². The van der Waals surface area contributed by atoms with Gasteiger partial charge in [0.05, 0.1) is 25.2 Å². The summed E-state index contributed by atoms with van der Waals surface area (Å²) in [5.41, 5.74) is 11.3. The Morgan fingerprint density at radius 2 is 1.92 bits per heavy atom. The first-order chi connectivity index (χ1) is 11.8. The molecule has 2 heterocycles. The largest absolute Gasteiger partial charge is 0.399 e. The van der Waals surface area contributed by atoms with Gasteiger partial charge in [-0.2, -0.15) is 0 Å². The Morgan fingerprint density at radius 1 is 1.04 bits per heavy atom. The molecule has 0 radical (unpaired) electrons. The van der Waals surface area contributed by atoms with Gasteiger partial charge in [0.25, 0.3) is 0 Å². The number of hydrogen-bond acceptors (Lipinski definition) is 4. The van der Waals surface area contributed by atoms with Crippen molar-refractivity contribution in [2.24, 2.45) is 0 Å². The Hall–Kier alpha value is -2.79. The van der Waals surface area contributed by atoms with E-state index in [4.69, 9.17) is 10.5 Å². The van der Waals surface area contributed by atoms with Crippen LogP contribution in [0.5, 0.6) is 0 Å². The molecule has 0 unspecified atom stereocenters. The van der Waals surface area contributed by atoms with Crippen molar-refractivity contribution in [1.82, 2.24) is 9.55 Å². The lowest BCUT2D eigenvalue weighted by atomic mass is 10.0. The van der Waals surface area contributed by atoms with Crippen molar-refractivity contribution >= 4 is 11.4 Å². The highest BCUT2D eigenvalue weighted by Gasteiger charge is 2.15. The Labute approximate surface area is 141 Å². The molecule has 1 saturated heterocycles. The quantitative estimate of drug-likeness (QED) is 0.754. The van der Waals surface area contributed by atoms with Crippen LogP contribution < -0.4 is 10.6 Å². The van der Waals surface area contributed by atoms with E-state index in [1.165, 1.54) is 5.69 Å². The maximum absolute atomic E-state index is 6.00. The van der Waals surface area contributed by atoms with E-state index in [1.54, 1.807) is 6.20 Å². The molecule has 0 atom stereocenters. The fourth-order valence-corrected chi connectivity index (χ4v) is 3.11. The minimum absolute atomic E-state index is 0.765. The Balaban J connectivity index is 1.83. The summed E-state index contributed by atoms with van der Waals surface area (Å²) in [7, 11) is 0. The summed E-state index contributed by atoms with van der Waals surface area (Å²) in [6.45, 7) is 3.38. The molecule has 24 heavy (non-hydrogen) atoms. The molecular weight excluding hydrogens is 300 g/mol. The van der Waals surface area contributed by atoms with Crippen LogP contribution in [0.4, 0.5) is 11.4 Å². The number of benzene rings is 2. The van der Waals surface area contributed by atoms with Crippen molar-refractivity contribution in [2.75, 3.05) is 36.9 Å². The van der Waals surface area contributed by atoms with Gasteiger partial charge in [0, 0.05) is 42.4 Å². The van der Waals surface area contributed by atoms with Crippen LogP contribution in [-0.2, 0) is 4.74 Å². The number of aromatic nitrogens is 2. The van der Waals surface area contributed by atoms with E-state index in [2.05, 4.69) is 34.1 Å². The van der Waals surface area contributed by atoms with Gasteiger partial charge >= 0.3 is 0 Å². The molecule has 0 saturated carbocycles. The summed E-state index contributed by atoms with van der Waals surface area (Å²) < 4.78 is 7.49. The molecule has 2 aromatic carbocycles. The third-order valence-corrected chi connectivity index (χ3v) is 4.34. The molecule has 1 aromatic heterocycles. The van der Waals surface area contributed by atoms with Crippen molar-refractivity contribution in [1.29, 1.82) is 0 Å². The van der Waals surface area contributed by atoms with E-state index in [0.717, 1.165) is 48.8 Å². The summed E-state index contributed by atoms with van der Waals surface area (Å²) >= 11 is 0. The zero-order chi connectivity index (χ0) is 16.4. The van der Waals surface area contributed by atoms with Gasteiger partial charge in [0.15, 0.2) is 0 Å². The average Bonchev–Trinajstić information content (AvgIpc) is 3.16. The van der Waals surface area contributed by atoms with E-state index in [-0.39, 0.29) is 0 Å². The summed E-state index contributed by atoms with van der Waals surface area (Å²) in [5, 5.41) is 0. The average molecular weight is 320 g/mol. The molecule has 122 valence electrons. The van der Waals surface area contributed by atoms with Crippen LogP contribution in [0.25, 0.3) is 16.8 Å². The molecule has 1 aliphatic heterocycles. The van der Waals surface area contributed by atoms with Crippen LogP contribution in [0, 0.1) is 0 Å². The number of morpholine rings is 1. The number of nitrogens with zero attached hydrogens (tertiary/aromatic N) is 3. The van der Waals surface area contributed by atoms with E-state index in [9.17, 15) is 0 Å². The third-order valence-electron chi connectivity index (χ3n) is 4.34. The first-order valence-electron chi connectivity index (χ1n) is 8.12. The first kappa shape index (κ1) is 14.8. The van der Waals surface area contributed by atoms with Gasteiger partial charge in [-0.15, -0.1) is 0 Å². The molecule has 0 bridgehead atoms. The van der Waals surface area contributed by atoms with Gasteiger partial charge < -0.3 is 19.9 Å². The minimum atomic E-state index is 0.765. The number of hydrogen-bond donors (Lipinski definition) is 1. The molecule has 1 aliphatic rings. The third kappa shape index (κ3) is 2.86. The summed E-state index contributed by atoms with van der Waals surface area (Å²) in [4.78, 5) is 6.53. The van der Waals surface area contributed by atoms with Crippen molar-refractivity contribution in [3.05, 3.63) is 61.2 Å². The smallest absolute Gasteiger partial charge is 0.0991 e. The van der Waals surface area contributed by atoms with E-state index >= 15 is 0 Å². The van der Waals surface area contributed by atoms with E-state index in [0.29, 0.717) is 0 Å². The predicted molar refractivity (Wildman–Crippen MR) is 96.4 cm³/mol. The van der Waals surface area contributed by atoms with Crippen molar-refractivity contribution in [3.63, 3.8) is 0 Å². The molecule has 1 fully saturated rings. The fraction of sp³-hybridized carbons (Fsp3) is 0.211. The highest BCUT2D eigenvalue weighted by atomic mass is 16.5. The van der Waals surface area contributed by atoms with Crippen LogP contribution >= 0.6 is 0 Å². The molecule has 3 aromatic rings. The maximum Gasteiger partial charge on any atom is 0.0991 e. The second kappa shape index (κ2) is 6.37. The highest BCUT2D eigenvalue weighted by Crippen LogP contribution is 2.32. The summed E-state index contributed by atoms with van der Waals surface area (Å²) in [5.74, 6) is 0. The Kier molecular flexibility index (Phi) is 3.92. The first-order valence-corrected chi connectivity index (χ1v) is 8.12. The van der Waals surface area contributed by atoms with Crippen molar-refractivity contribution in [2.45, 2.75) is 0 Å². The van der Waals surface area contributed by atoms with Crippen LogP contribution in [0.1, 0.15) is 0 Å². The maximum atomic E-state index is 6.00. The lowest BCUT2D eigenvalue weighted by Crippen LogP contribution is -2.36. The summed E-state index contributed by atoms with van der Waals surface area (Å²) in [6.07, 6.45) is 5.57. The number of rotatable bonds is 3. The lowest BCUT2D eigenvalue weighted by molar-refractivity contribution is 0.122. The van der Waals surface area contributed by atoms with Gasteiger partial charge in [0.2, 0.25) is 0 Å². The standard InChI is InChI=1S/C19H20N4O/c20-16-3-1-2-15(12-16)18-13-17(22-8-10-24-11-9-22)4-5-19(18)23-7-6-21-14-23/h1-7,12-14H,8-11,20H2. The topological polar surface area (TPSA) is 56.3 Å². The molecule has 5 heteroatoms. The number of nitrogen functional groups attached to an aromatic ring is 1. The SMILES string of the molecule is Nc1cccc(-c2cc(N3CCOCC3)ccc2-n2ccnc2)c1.